The third-order valence-electron chi connectivity index (χ3n) is 2.68. The van der Waals surface area contributed by atoms with Crippen LogP contribution in [0.1, 0.15) is 19.1 Å². The van der Waals surface area contributed by atoms with E-state index >= 15 is 0 Å². The van der Waals surface area contributed by atoms with Gasteiger partial charge in [0.15, 0.2) is 5.82 Å². The van der Waals surface area contributed by atoms with Crippen LogP contribution in [0.2, 0.25) is 0 Å². The number of hydrogen-bond donors (Lipinski definition) is 3. The first-order chi connectivity index (χ1) is 10.9. The van der Waals surface area contributed by atoms with Gasteiger partial charge in [0.05, 0.1) is 0 Å². The largest absolute Gasteiger partial charge is 0.360 e. The number of carbonyl (C=O) groups is 3. The number of aryl methyl sites for hydroxylation is 1. The van der Waals surface area contributed by atoms with Gasteiger partial charge in [-0.15, -0.1) is 0 Å². The van der Waals surface area contributed by atoms with E-state index in [2.05, 4.69) is 21.1 Å². The highest BCUT2D eigenvalue weighted by Crippen LogP contribution is 2.15. The van der Waals surface area contributed by atoms with Crippen LogP contribution in [0.5, 0.6) is 0 Å². The molecule has 0 bridgehead atoms. The molecule has 0 aliphatic rings. The number of aromatic nitrogens is 1. The third-order valence-corrected chi connectivity index (χ3v) is 2.68. The Labute approximate surface area is 132 Å². The van der Waals surface area contributed by atoms with Gasteiger partial charge in [-0.1, -0.05) is 11.2 Å². The normalized spacial score (nSPS) is 10.0. The summed E-state index contributed by atoms with van der Waals surface area (Å²) in [4.78, 5) is 34.6. The number of rotatable bonds is 5. The number of nitrogens with zero attached hydrogens (tertiary/aromatic N) is 1. The summed E-state index contributed by atoms with van der Waals surface area (Å²) >= 11 is 0. The molecule has 0 fully saturated rings. The molecule has 2 rings (SSSR count). The van der Waals surface area contributed by atoms with E-state index in [4.69, 9.17) is 4.52 Å². The molecular formula is C15H16N4O4. The van der Waals surface area contributed by atoms with Crippen molar-refractivity contribution >= 4 is 34.9 Å². The van der Waals surface area contributed by atoms with Gasteiger partial charge in [0, 0.05) is 24.4 Å². The van der Waals surface area contributed by atoms with Gasteiger partial charge in [0.1, 0.15) is 12.2 Å². The molecule has 8 nitrogen and oxygen atoms in total. The number of anilines is 3. The Balaban J connectivity index is 1.89. The zero-order chi connectivity index (χ0) is 16.8. The molecule has 0 aliphatic carbocycles. The van der Waals surface area contributed by atoms with Crippen molar-refractivity contribution in [3.8, 4) is 0 Å². The fourth-order valence-electron chi connectivity index (χ4n) is 1.84. The standard InChI is InChI=1S/C15H16N4O4/c1-9-6-13(19-23-9)18-15(22)8-14(21)17-12-5-3-4-11(7-12)16-10(2)20/h3-7H,8H2,1-2H3,(H,16,20)(H,17,21)(H,18,19,22). The number of hydrogen-bond acceptors (Lipinski definition) is 5. The lowest BCUT2D eigenvalue weighted by Crippen LogP contribution is -2.21. The van der Waals surface area contributed by atoms with Gasteiger partial charge >= 0.3 is 0 Å². The van der Waals surface area contributed by atoms with Crippen molar-refractivity contribution < 1.29 is 18.9 Å². The molecule has 2 aromatic rings. The first-order valence-electron chi connectivity index (χ1n) is 6.83. The van der Waals surface area contributed by atoms with Gasteiger partial charge in [-0.25, -0.2) is 0 Å². The second-order valence-corrected chi connectivity index (χ2v) is 4.86. The van der Waals surface area contributed by atoms with Crippen molar-refractivity contribution in [2.24, 2.45) is 0 Å². The van der Waals surface area contributed by atoms with Crippen LogP contribution >= 0.6 is 0 Å². The van der Waals surface area contributed by atoms with E-state index in [9.17, 15) is 14.4 Å². The number of nitrogens with one attached hydrogen (secondary N) is 3. The summed E-state index contributed by atoms with van der Waals surface area (Å²) in [6.45, 7) is 3.08. The Bertz CT molecular complexity index is 739. The summed E-state index contributed by atoms with van der Waals surface area (Å²) in [5.41, 5.74) is 1.03. The molecule has 0 aliphatic heterocycles. The maximum absolute atomic E-state index is 11.8. The van der Waals surface area contributed by atoms with Crippen molar-refractivity contribution in [2.45, 2.75) is 20.3 Å². The van der Waals surface area contributed by atoms with Crippen LogP contribution in [0.25, 0.3) is 0 Å². The minimum Gasteiger partial charge on any atom is -0.360 e. The Hall–Kier alpha value is -3.16. The van der Waals surface area contributed by atoms with Gasteiger partial charge in [0.2, 0.25) is 17.7 Å². The monoisotopic (exact) mass is 316 g/mol. The molecule has 1 heterocycles. The molecule has 1 aromatic carbocycles. The lowest BCUT2D eigenvalue weighted by atomic mass is 10.2. The molecule has 120 valence electrons. The first-order valence-corrected chi connectivity index (χ1v) is 6.83. The van der Waals surface area contributed by atoms with Crippen molar-refractivity contribution in [3.05, 3.63) is 36.1 Å². The Morgan fingerprint density at radius 1 is 1.04 bits per heavy atom. The summed E-state index contributed by atoms with van der Waals surface area (Å²) in [6.07, 6.45) is -0.365. The third kappa shape index (κ3) is 5.27. The van der Waals surface area contributed by atoms with Gasteiger partial charge in [-0.2, -0.15) is 0 Å². The van der Waals surface area contributed by atoms with Crippen LogP contribution in [0.15, 0.2) is 34.9 Å². The molecule has 8 heteroatoms. The second-order valence-electron chi connectivity index (χ2n) is 4.86. The smallest absolute Gasteiger partial charge is 0.235 e. The second kappa shape index (κ2) is 7.21. The van der Waals surface area contributed by atoms with Gasteiger partial charge in [0.25, 0.3) is 0 Å². The van der Waals surface area contributed by atoms with Gasteiger partial charge in [-0.3, -0.25) is 14.4 Å². The van der Waals surface area contributed by atoms with E-state index in [-0.39, 0.29) is 18.1 Å². The van der Waals surface area contributed by atoms with E-state index in [0.29, 0.717) is 17.1 Å². The highest BCUT2D eigenvalue weighted by molar-refractivity contribution is 6.08. The molecule has 0 spiro atoms. The summed E-state index contributed by atoms with van der Waals surface area (Å²) in [5.74, 6) is -0.389. The van der Waals surface area contributed by atoms with Crippen molar-refractivity contribution in [2.75, 3.05) is 16.0 Å². The fourth-order valence-corrected chi connectivity index (χ4v) is 1.84. The molecule has 0 atom stereocenters. The average molecular weight is 316 g/mol. The van der Waals surface area contributed by atoms with Crippen LogP contribution in [0.3, 0.4) is 0 Å². The lowest BCUT2D eigenvalue weighted by molar-refractivity contribution is -0.123. The van der Waals surface area contributed by atoms with E-state index in [1.165, 1.54) is 6.92 Å². The maximum Gasteiger partial charge on any atom is 0.235 e. The summed E-state index contributed by atoms with van der Waals surface area (Å²) in [6, 6.07) is 8.17. The van der Waals surface area contributed by atoms with E-state index in [1.807, 2.05) is 0 Å². The quantitative estimate of drug-likeness (QED) is 0.729. The van der Waals surface area contributed by atoms with Crippen molar-refractivity contribution in [1.82, 2.24) is 5.16 Å². The number of benzene rings is 1. The zero-order valence-corrected chi connectivity index (χ0v) is 12.7. The van der Waals surface area contributed by atoms with Crippen LogP contribution in [0.4, 0.5) is 17.2 Å². The molecular weight excluding hydrogens is 300 g/mol. The van der Waals surface area contributed by atoms with E-state index in [1.54, 1.807) is 37.3 Å². The number of carbonyl (C=O) groups excluding carboxylic acids is 3. The average Bonchev–Trinajstić information content (AvgIpc) is 2.83. The van der Waals surface area contributed by atoms with Crippen molar-refractivity contribution in [3.63, 3.8) is 0 Å². The van der Waals surface area contributed by atoms with Gasteiger partial charge < -0.3 is 20.5 Å². The highest BCUT2D eigenvalue weighted by atomic mass is 16.5. The molecule has 0 saturated heterocycles. The molecule has 0 unspecified atom stereocenters. The Morgan fingerprint density at radius 3 is 2.30 bits per heavy atom. The molecule has 3 amide bonds. The topological polar surface area (TPSA) is 113 Å². The minimum atomic E-state index is -0.506. The Morgan fingerprint density at radius 2 is 1.70 bits per heavy atom. The zero-order valence-electron chi connectivity index (χ0n) is 12.7. The van der Waals surface area contributed by atoms with E-state index in [0.717, 1.165) is 0 Å². The molecule has 0 saturated carbocycles. The number of amides is 3. The van der Waals surface area contributed by atoms with Crippen LogP contribution in [-0.4, -0.2) is 22.9 Å². The van der Waals surface area contributed by atoms with Gasteiger partial charge in [-0.05, 0) is 25.1 Å². The predicted molar refractivity (Wildman–Crippen MR) is 83.9 cm³/mol. The molecule has 3 N–H and O–H groups in total. The van der Waals surface area contributed by atoms with Crippen LogP contribution < -0.4 is 16.0 Å². The Kier molecular flexibility index (Phi) is 5.08. The maximum atomic E-state index is 11.8. The van der Waals surface area contributed by atoms with E-state index < -0.39 is 11.8 Å². The fraction of sp³-hybridized carbons (Fsp3) is 0.200. The van der Waals surface area contributed by atoms with Crippen molar-refractivity contribution in [1.29, 1.82) is 0 Å². The summed E-state index contributed by atoms with van der Waals surface area (Å²) < 4.78 is 4.81. The highest BCUT2D eigenvalue weighted by Gasteiger charge is 2.12. The van der Waals surface area contributed by atoms with Crippen LogP contribution in [0, 0.1) is 6.92 Å². The molecule has 23 heavy (non-hydrogen) atoms. The predicted octanol–water partition coefficient (Wildman–Crippen LogP) is 1.91. The molecule has 1 aromatic heterocycles. The minimum absolute atomic E-state index is 0.212. The lowest BCUT2D eigenvalue weighted by Gasteiger charge is -2.07. The van der Waals surface area contributed by atoms with Crippen LogP contribution in [-0.2, 0) is 14.4 Å². The first kappa shape index (κ1) is 16.2. The summed E-state index contributed by atoms with van der Waals surface area (Å²) in [7, 11) is 0. The molecule has 0 radical (unpaired) electrons. The SMILES string of the molecule is CC(=O)Nc1cccc(NC(=O)CC(=O)Nc2cc(C)on2)c1. The summed E-state index contributed by atoms with van der Waals surface area (Å²) in [5, 5.41) is 11.3.